The number of carbonyl (C=O) groups is 2. The molecule has 5 nitrogen and oxygen atoms in total. The average molecular weight is 353 g/mol. The summed E-state index contributed by atoms with van der Waals surface area (Å²) < 4.78 is 5.33. The molecule has 0 bridgehead atoms. The topological polar surface area (TPSA) is 81.4 Å². The number of carbonyl (C=O) groups excluding carboxylic acids is 2. The van der Waals surface area contributed by atoms with Crippen molar-refractivity contribution in [3.63, 3.8) is 0 Å². The first-order valence-corrected chi connectivity index (χ1v) is 7.44. The molecule has 7 heteroatoms. The van der Waals surface area contributed by atoms with Crippen LogP contribution in [0.1, 0.15) is 15.9 Å². The van der Waals surface area contributed by atoms with Gasteiger partial charge in [0.15, 0.2) is 6.61 Å². The molecule has 23 heavy (non-hydrogen) atoms. The lowest BCUT2D eigenvalue weighted by Crippen LogP contribution is -2.28. The monoisotopic (exact) mass is 352 g/mol. The summed E-state index contributed by atoms with van der Waals surface area (Å²) in [5.41, 5.74) is 6.35. The van der Waals surface area contributed by atoms with Crippen molar-refractivity contribution in [2.24, 2.45) is 5.73 Å². The van der Waals surface area contributed by atoms with Crippen molar-refractivity contribution < 1.29 is 14.3 Å². The highest BCUT2D eigenvalue weighted by atomic mass is 35.5. The summed E-state index contributed by atoms with van der Waals surface area (Å²) in [7, 11) is 0. The molecule has 120 valence electrons. The van der Waals surface area contributed by atoms with Crippen LogP contribution >= 0.6 is 23.2 Å². The molecule has 2 aromatic rings. The Morgan fingerprint density at radius 3 is 2.65 bits per heavy atom. The van der Waals surface area contributed by atoms with Gasteiger partial charge in [-0.2, -0.15) is 0 Å². The van der Waals surface area contributed by atoms with E-state index in [4.69, 9.17) is 33.7 Å². The smallest absolute Gasteiger partial charge is 0.258 e. The molecule has 0 radical (unpaired) electrons. The van der Waals surface area contributed by atoms with E-state index in [-0.39, 0.29) is 19.1 Å². The molecule has 0 aromatic heterocycles. The summed E-state index contributed by atoms with van der Waals surface area (Å²) in [5.74, 6) is -0.507. The lowest BCUT2D eigenvalue weighted by Gasteiger charge is -2.09. The summed E-state index contributed by atoms with van der Waals surface area (Å²) in [5, 5.41) is 3.51. The molecule has 0 saturated carbocycles. The quantitative estimate of drug-likeness (QED) is 0.838. The van der Waals surface area contributed by atoms with E-state index in [1.807, 2.05) is 0 Å². The molecule has 0 saturated heterocycles. The number of primary amides is 1. The van der Waals surface area contributed by atoms with Gasteiger partial charge in [-0.25, -0.2) is 0 Å². The summed E-state index contributed by atoms with van der Waals surface area (Å²) in [4.78, 5) is 22.9. The van der Waals surface area contributed by atoms with Crippen molar-refractivity contribution >= 4 is 35.0 Å². The Kier molecular flexibility index (Phi) is 5.84. The summed E-state index contributed by atoms with van der Waals surface area (Å²) in [6.07, 6.45) is 0. The fourth-order valence-electron chi connectivity index (χ4n) is 1.82. The SMILES string of the molecule is NC(=O)c1cccc(CNC(=O)COc2cc(Cl)ccc2Cl)c1. The second-order valence-corrected chi connectivity index (χ2v) is 5.55. The lowest BCUT2D eigenvalue weighted by atomic mass is 10.1. The number of hydrogen-bond donors (Lipinski definition) is 2. The first kappa shape index (κ1) is 17.1. The molecule has 0 spiro atoms. The second-order valence-electron chi connectivity index (χ2n) is 4.70. The summed E-state index contributed by atoms with van der Waals surface area (Å²) in [6, 6.07) is 11.5. The van der Waals surface area contributed by atoms with E-state index in [2.05, 4.69) is 5.32 Å². The molecular formula is C16H14Cl2N2O3. The minimum atomic E-state index is -0.517. The van der Waals surface area contributed by atoms with Gasteiger partial charge < -0.3 is 15.8 Å². The fraction of sp³-hybridized carbons (Fsp3) is 0.125. The molecule has 3 N–H and O–H groups in total. The molecular weight excluding hydrogens is 339 g/mol. The van der Waals surface area contributed by atoms with Crippen LogP contribution in [0.4, 0.5) is 0 Å². The Bertz CT molecular complexity index is 735. The highest BCUT2D eigenvalue weighted by molar-refractivity contribution is 6.34. The molecule has 0 aliphatic heterocycles. The Balaban J connectivity index is 1.87. The van der Waals surface area contributed by atoms with Crippen molar-refractivity contribution in [2.75, 3.05) is 6.61 Å². The minimum Gasteiger partial charge on any atom is -0.482 e. The third kappa shape index (κ3) is 5.16. The van der Waals surface area contributed by atoms with Crippen LogP contribution in [0.3, 0.4) is 0 Å². The van der Waals surface area contributed by atoms with Crippen LogP contribution in [0.2, 0.25) is 10.0 Å². The fourth-order valence-corrected chi connectivity index (χ4v) is 2.15. The number of nitrogens with two attached hydrogens (primary N) is 1. The number of benzene rings is 2. The zero-order valence-electron chi connectivity index (χ0n) is 12.0. The Hall–Kier alpha value is -2.24. The number of rotatable bonds is 6. The van der Waals surface area contributed by atoms with Crippen molar-refractivity contribution in [3.8, 4) is 5.75 Å². The Labute approximate surface area is 143 Å². The maximum atomic E-state index is 11.8. The molecule has 2 rings (SSSR count). The van der Waals surface area contributed by atoms with Crippen LogP contribution in [0.25, 0.3) is 0 Å². The highest BCUT2D eigenvalue weighted by Crippen LogP contribution is 2.27. The zero-order chi connectivity index (χ0) is 16.8. The lowest BCUT2D eigenvalue weighted by molar-refractivity contribution is -0.123. The van der Waals surface area contributed by atoms with Crippen molar-refractivity contribution in [2.45, 2.75) is 6.54 Å². The minimum absolute atomic E-state index is 0.199. The van der Waals surface area contributed by atoms with E-state index in [1.54, 1.807) is 36.4 Å². The van der Waals surface area contributed by atoms with Gasteiger partial charge >= 0.3 is 0 Å². The maximum absolute atomic E-state index is 11.8. The molecule has 0 atom stereocenters. The zero-order valence-corrected chi connectivity index (χ0v) is 13.5. The predicted molar refractivity (Wildman–Crippen MR) is 88.8 cm³/mol. The van der Waals surface area contributed by atoms with Gasteiger partial charge in [0.05, 0.1) is 5.02 Å². The first-order valence-electron chi connectivity index (χ1n) is 6.69. The molecule has 0 heterocycles. The Morgan fingerprint density at radius 1 is 1.13 bits per heavy atom. The Morgan fingerprint density at radius 2 is 1.91 bits per heavy atom. The number of hydrogen-bond acceptors (Lipinski definition) is 3. The summed E-state index contributed by atoms with van der Waals surface area (Å²) >= 11 is 11.8. The van der Waals surface area contributed by atoms with E-state index in [9.17, 15) is 9.59 Å². The van der Waals surface area contributed by atoms with Gasteiger partial charge in [-0.05, 0) is 29.8 Å². The van der Waals surface area contributed by atoms with Gasteiger partial charge in [0.1, 0.15) is 5.75 Å². The van der Waals surface area contributed by atoms with Crippen molar-refractivity contribution in [3.05, 3.63) is 63.6 Å². The second kappa shape index (κ2) is 7.85. The molecule has 0 aliphatic carbocycles. The maximum Gasteiger partial charge on any atom is 0.258 e. The van der Waals surface area contributed by atoms with Crippen LogP contribution in [0.5, 0.6) is 5.75 Å². The van der Waals surface area contributed by atoms with Gasteiger partial charge in [-0.15, -0.1) is 0 Å². The van der Waals surface area contributed by atoms with Crippen LogP contribution in [-0.2, 0) is 11.3 Å². The highest BCUT2D eigenvalue weighted by Gasteiger charge is 2.07. The van der Waals surface area contributed by atoms with Crippen molar-refractivity contribution in [1.29, 1.82) is 0 Å². The average Bonchev–Trinajstić information content (AvgIpc) is 2.54. The molecule has 2 amide bonds. The standard InChI is InChI=1S/C16H14Cl2N2O3/c17-12-4-5-13(18)14(7-12)23-9-15(21)20-8-10-2-1-3-11(6-10)16(19)22/h1-7H,8-9H2,(H2,19,22)(H,20,21). The number of halogens is 2. The van der Waals surface area contributed by atoms with Gasteiger partial charge in [-0.1, -0.05) is 35.3 Å². The van der Waals surface area contributed by atoms with E-state index in [0.29, 0.717) is 21.4 Å². The van der Waals surface area contributed by atoms with Crippen LogP contribution in [0.15, 0.2) is 42.5 Å². The summed E-state index contributed by atoms with van der Waals surface area (Å²) in [6.45, 7) is 0.0577. The van der Waals surface area contributed by atoms with Gasteiger partial charge in [-0.3, -0.25) is 9.59 Å². The molecule has 0 unspecified atom stereocenters. The molecule has 0 aliphatic rings. The van der Waals surface area contributed by atoms with Crippen LogP contribution in [0, 0.1) is 0 Å². The third-order valence-corrected chi connectivity index (χ3v) is 3.50. The van der Waals surface area contributed by atoms with E-state index >= 15 is 0 Å². The number of ether oxygens (including phenoxy) is 1. The van der Waals surface area contributed by atoms with Crippen LogP contribution in [-0.4, -0.2) is 18.4 Å². The van der Waals surface area contributed by atoms with Crippen molar-refractivity contribution in [1.82, 2.24) is 5.32 Å². The predicted octanol–water partition coefficient (Wildman–Crippen LogP) is 2.79. The van der Waals surface area contributed by atoms with Gasteiger partial charge in [0, 0.05) is 23.2 Å². The normalized spacial score (nSPS) is 10.2. The molecule has 2 aromatic carbocycles. The first-order chi connectivity index (χ1) is 11.0. The molecule has 0 fully saturated rings. The largest absolute Gasteiger partial charge is 0.482 e. The third-order valence-electron chi connectivity index (χ3n) is 2.95. The van der Waals surface area contributed by atoms with Gasteiger partial charge in [0.2, 0.25) is 5.91 Å². The van der Waals surface area contributed by atoms with E-state index in [1.165, 1.54) is 6.07 Å². The van der Waals surface area contributed by atoms with Crippen LogP contribution < -0.4 is 15.8 Å². The van der Waals surface area contributed by atoms with E-state index < -0.39 is 5.91 Å². The number of amides is 2. The van der Waals surface area contributed by atoms with Gasteiger partial charge in [0.25, 0.3) is 5.91 Å². The number of nitrogens with one attached hydrogen (secondary N) is 1. The van der Waals surface area contributed by atoms with E-state index in [0.717, 1.165) is 5.56 Å².